The van der Waals surface area contributed by atoms with Gasteiger partial charge in [-0.25, -0.2) is 13.1 Å². The SMILES string of the molecule is NCCS(=O)(=O)NCC1Cc2ccccc21. The molecule has 0 saturated carbocycles. The monoisotopic (exact) mass is 240 g/mol. The van der Waals surface area contributed by atoms with Gasteiger partial charge >= 0.3 is 0 Å². The minimum atomic E-state index is -3.18. The van der Waals surface area contributed by atoms with E-state index >= 15 is 0 Å². The highest BCUT2D eigenvalue weighted by molar-refractivity contribution is 7.89. The van der Waals surface area contributed by atoms with E-state index in [2.05, 4.69) is 16.9 Å². The van der Waals surface area contributed by atoms with Gasteiger partial charge in [0, 0.05) is 19.0 Å². The molecule has 0 aromatic heterocycles. The number of nitrogens with two attached hydrogens (primary N) is 1. The van der Waals surface area contributed by atoms with Gasteiger partial charge in [0.15, 0.2) is 0 Å². The van der Waals surface area contributed by atoms with Crippen LogP contribution in [0.25, 0.3) is 0 Å². The maximum atomic E-state index is 11.4. The second-order valence-electron chi connectivity index (χ2n) is 4.06. The van der Waals surface area contributed by atoms with Crippen LogP contribution in [-0.2, 0) is 16.4 Å². The molecule has 4 nitrogen and oxygen atoms in total. The second kappa shape index (κ2) is 4.53. The third kappa shape index (κ3) is 2.42. The number of benzene rings is 1. The van der Waals surface area contributed by atoms with E-state index in [1.807, 2.05) is 12.1 Å². The molecule has 0 radical (unpaired) electrons. The third-order valence-corrected chi connectivity index (χ3v) is 4.28. The quantitative estimate of drug-likeness (QED) is 0.772. The van der Waals surface area contributed by atoms with Crippen molar-refractivity contribution in [2.45, 2.75) is 12.3 Å². The standard InChI is InChI=1S/C11H16N2O2S/c12-5-6-16(14,15)13-8-10-7-9-3-1-2-4-11(9)10/h1-4,10,13H,5-8,12H2. The average molecular weight is 240 g/mol. The van der Waals surface area contributed by atoms with Gasteiger partial charge in [0.05, 0.1) is 5.75 Å². The highest BCUT2D eigenvalue weighted by Gasteiger charge is 2.26. The summed E-state index contributed by atoms with van der Waals surface area (Å²) < 4.78 is 25.4. The van der Waals surface area contributed by atoms with Crippen molar-refractivity contribution in [3.63, 3.8) is 0 Å². The molecule has 1 aliphatic rings. The average Bonchev–Trinajstić information content (AvgIpc) is 2.19. The maximum absolute atomic E-state index is 11.4. The Bertz CT molecular complexity index is 471. The lowest BCUT2D eigenvalue weighted by Crippen LogP contribution is -2.36. The van der Waals surface area contributed by atoms with E-state index in [1.54, 1.807) is 0 Å². The Balaban J connectivity index is 1.91. The molecule has 0 bridgehead atoms. The zero-order valence-corrected chi connectivity index (χ0v) is 9.83. The first-order chi connectivity index (χ1) is 7.62. The molecule has 0 aliphatic heterocycles. The van der Waals surface area contributed by atoms with Gasteiger partial charge in [-0.1, -0.05) is 24.3 Å². The van der Waals surface area contributed by atoms with Crippen LogP contribution in [-0.4, -0.2) is 27.3 Å². The molecule has 1 atom stereocenters. The lowest BCUT2D eigenvalue weighted by Gasteiger charge is -2.30. The minimum absolute atomic E-state index is 0.00136. The van der Waals surface area contributed by atoms with Crippen molar-refractivity contribution in [2.75, 3.05) is 18.8 Å². The highest BCUT2D eigenvalue weighted by atomic mass is 32.2. The first-order valence-electron chi connectivity index (χ1n) is 5.37. The number of nitrogens with one attached hydrogen (secondary N) is 1. The summed E-state index contributed by atoms with van der Waals surface area (Å²) in [6.45, 7) is 0.649. The fourth-order valence-electron chi connectivity index (χ4n) is 2.00. The van der Waals surface area contributed by atoms with E-state index in [4.69, 9.17) is 5.73 Å². The highest BCUT2D eigenvalue weighted by Crippen LogP contribution is 2.34. The van der Waals surface area contributed by atoms with Gasteiger partial charge in [0.2, 0.25) is 10.0 Å². The van der Waals surface area contributed by atoms with Gasteiger partial charge in [-0.3, -0.25) is 0 Å². The van der Waals surface area contributed by atoms with Crippen molar-refractivity contribution in [1.82, 2.24) is 4.72 Å². The Kier molecular flexibility index (Phi) is 3.28. The van der Waals surface area contributed by atoms with E-state index < -0.39 is 10.0 Å². The molecular formula is C11H16N2O2S. The van der Waals surface area contributed by atoms with Gasteiger partial charge in [-0.15, -0.1) is 0 Å². The largest absolute Gasteiger partial charge is 0.329 e. The lowest BCUT2D eigenvalue weighted by atomic mass is 9.78. The fourth-order valence-corrected chi connectivity index (χ4v) is 2.91. The second-order valence-corrected chi connectivity index (χ2v) is 5.98. The van der Waals surface area contributed by atoms with E-state index in [9.17, 15) is 8.42 Å². The summed E-state index contributed by atoms with van der Waals surface area (Å²) in [6, 6.07) is 8.13. The Labute approximate surface area is 95.9 Å². The Morgan fingerprint density at radius 1 is 1.38 bits per heavy atom. The smallest absolute Gasteiger partial charge is 0.212 e. The molecule has 16 heavy (non-hydrogen) atoms. The molecule has 1 aliphatic carbocycles. The van der Waals surface area contributed by atoms with Crippen LogP contribution in [0.5, 0.6) is 0 Å². The molecule has 2 rings (SSSR count). The van der Waals surface area contributed by atoms with E-state index in [0.717, 1.165) is 6.42 Å². The molecule has 1 unspecified atom stereocenters. The summed E-state index contributed by atoms with van der Waals surface area (Å²) in [5, 5.41) is 0. The Morgan fingerprint density at radius 3 is 2.81 bits per heavy atom. The summed E-state index contributed by atoms with van der Waals surface area (Å²) in [7, 11) is -3.18. The van der Waals surface area contributed by atoms with Gasteiger partial charge in [0.1, 0.15) is 0 Å². The molecule has 0 heterocycles. The molecule has 0 fully saturated rings. The molecular weight excluding hydrogens is 224 g/mol. The molecule has 88 valence electrons. The van der Waals surface area contributed by atoms with Gasteiger partial charge in [-0.05, 0) is 17.5 Å². The van der Waals surface area contributed by atoms with Crippen LogP contribution in [0.1, 0.15) is 17.0 Å². The molecule has 5 heteroatoms. The number of fused-ring (bicyclic) bond motifs is 1. The van der Waals surface area contributed by atoms with Crippen LogP contribution >= 0.6 is 0 Å². The van der Waals surface area contributed by atoms with E-state index in [0.29, 0.717) is 12.5 Å². The molecule has 0 amide bonds. The third-order valence-electron chi connectivity index (χ3n) is 2.90. The van der Waals surface area contributed by atoms with Gasteiger partial charge in [0.25, 0.3) is 0 Å². The predicted octanol–water partition coefficient (Wildman–Crippen LogP) is 0.204. The van der Waals surface area contributed by atoms with Gasteiger partial charge < -0.3 is 5.73 Å². The van der Waals surface area contributed by atoms with Crippen molar-refractivity contribution >= 4 is 10.0 Å². The number of hydrogen-bond donors (Lipinski definition) is 2. The van der Waals surface area contributed by atoms with Crippen molar-refractivity contribution < 1.29 is 8.42 Å². The van der Waals surface area contributed by atoms with Gasteiger partial charge in [-0.2, -0.15) is 0 Å². The molecule has 0 saturated heterocycles. The Hall–Kier alpha value is -0.910. The number of hydrogen-bond acceptors (Lipinski definition) is 3. The summed E-state index contributed by atoms with van der Waals surface area (Å²) >= 11 is 0. The van der Waals surface area contributed by atoms with Crippen molar-refractivity contribution in [2.24, 2.45) is 5.73 Å². The zero-order valence-electron chi connectivity index (χ0n) is 9.02. The topological polar surface area (TPSA) is 72.2 Å². The molecule has 3 N–H and O–H groups in total. The summed E-state index contributed by atoms with van der Waals surface area (Å²) in [4.78, 5) is 0. The molecule has 1 aromatic rings. The summed E-state index contributed by atoms with van der Waals surface area (Å²) in [5.74, 6) is 0.324. The van der Waals surface area contributed by atoms with Crippen LogP contribution < -0.4 is 10.5 Å². The Morgan fingerprint density at radius 2 is 2.12 bits per heavy atom. The number of sulfonamides is 1. The van der Waals surface area contributed by atoms with Crippen molar-refractivity contribution in [3.8, 4) is 0 Å². The summed E-state index contributed by atoms with van der Waals surface area (Å²) in [5.41, 5.74) is 7.81. The van der Waals surface area contributed by atoms with Crippen LogP contribution in [0.3, 0.4) is 0 Å². The minimum Gasteiger partial charge on any atom is -0.329 e. The lowest BCUT2D eigenvalue weighted by molar-refractivity contribution is 0.552. The van der Waals surface area contributed by atoms with Crippen LogP contribution in [0, 0.1) is 0 Å². The maximum Gasteiger partial charge on any atom is 0.212 e. The van der Waals surface area contributed by atoms with E-state index in [-0.39, 0.29) is 12.3 Å². The van der Waals surface area contributed by atoms with Crippen LogP contribution in [0.15, 0.2) is 24.3 Å². The van der Waals surface area contributed by atoms with E-state index in [1.165, 1.54) is 11.1 Å². The normalized spacial score (nSPS) is 18.9. The molecule has 0 spiro atoms. The predicted molar refractivity (Wildman–Crippen MR) is 63.7 cm³/mol. The summed E-state index contributed by atoms with van der Waals surface area (Å²) in [6.07, 6.45) is 0.960. The zero-order chi connectivity index (χ0) is 11.6. The fraction of sp³-hybridized carbons (Fsp3) is 0.455. The van der Waals surface area contributed by atoms with Crippen molar-refractivity contribution in [1.29, 1.82) is 0 Å². The first-order valence-corrected chi connectivity index (χ1v) is 7.03. The first kappa shape index (κ1) is 11.6. The molecule has 1 aromatic carbocycles. The number of rotatable bonds is 5. The van der Waals surface area contributed by atoms with Crippen LogP contribution in [0.2, 0.25) is 0 Å². The van der Waals surface area contributed by atoms with Crippen molar-refractivity contribution in [3.05, 3.63) is 35.4 Å². The van der Waals surface area contributed by atoms with Crippen LogP contribution in [0.4, 0.5) is 0 Å².